The molecule has 0 bridgehead atoms. The Balaban J connectivity index is 1.91. The van der Waals surface area contributed by atoms with Gasteiger partial charge in [-0.2, -0.15) is 0 Å². The molecule has 0 aliphatic rings. The van der Waals surface area contributed by atoms with E-state index in [0.29, 0.717) is 96.9 Å². The third kappa shape index (κ3) is 49.2. The number of benzene rings is 2. The van der Waals surface area contributed by atoms with E-state index in [1.54, 1.807) is 18.2 Å². The van der Waals surface area contributed by atoms with Gasteiger partial charge in [-0.05, 0) is 74.9 Å². The first-order valence-electron chi connectivity index (χ1n) is 44.1. The highest BCUT2D eigenvalue weighted by Gasteiger charge is 2.23. The van der Waals surface area contributed by atoms with Crippen LogP contribution in [0.5, 0.6) is 34.5 Å². The first-order valence-corrected chi connectivity index (χ1v) is 44.1. The summed E-state index contributed by atoms with van der Waals surface area (Å²) >= 11 is 0. The number of ether oxygens (including phenoxy) is 6. The summed E-state index contributed by atoms with van der Waals surface area (Å²) in [7, 11) is 0. The largest absolute Gasteiger partial charge is 0.490 e. The van der Waals surface area contributed by atoms with Crippen LogP contribution < -0.4 is 39.1 Å². The molecule has 0 spiro atoms. The SMILES string of the molecule is CCCCCCCCCCCCOc1cc(C(=O)Nc2cccc(NC(=O)c3cc(OCCCCCCCCCCCC)c(OCCCCCCCCCCCC)c(OCCCCCCCCCCCC)c3)n2)cc(OCCCCCCCCCCCC)c1OCCCCCCCCCCCC. The number of carbonyl (C=O) groups is 2. The Morgan fingerprint density at radius 2 is 0.412 bits per heavy atom. The molecule has 2 aromatic carbocycles. The monoisotopic (exact) mass is 1420 g/mol. The minimum Gasteiger partial charge on any atom is -0.490 e. The van der Waals surface area contributed by atoms with Crippen molar-refractivity contribution in [2.75, 3.05) is 50.3 Å². The third-order valence-corrected chi connectivity index (χ3v) is 20.3. The molecule has 102 heavy (non-hydrogen) atoms. The summed E-state index contributed by atoms with van der Waals surface area (Å²) in [4.78, 5) is 34.2. The first kappa shape index (κ1) is 91.5. The second kappa shape index (κ2) is 68.2. The van der Waals surface area contributed by atoms with Crippen LogP contribution in [0.4, 0.5) is 11.6 Å². The maximum atomic E-state index is 14.7. The van der Waals surface area contributed by atoms with Gasteiger partial charge in [0.2, 0.25) is 11.5 Å². The zero-order chi connectivity index (χ0) is 72.9. The number of nitrogens with one attached hydrogen (secondary N) is 2. The Kier molecular flexibility index (Phi) is 61.2. The van der Waals surface area contributed by atoms with Crippen LogP contribution in [0, 0.1) is 0 Å². The Labute approximate surface area is 628 Å². The Bertz CT molecular complexity index is 2140. The minimum atomic E-state index is -0.360. The number of anilines is 2. The molecule has 0 saturated carbocycles. The van der Waals surface area contributed by atoms with Gasteiger partial charge < -0.3 is 39.1 Å². The van der Waals surface area contributed by atoms with Crippen molar-refractivity contribution in [3.05, 3.63) is 53.6 Å². The van der Waals surface area contributed by atoms with Crippen molar-refractivity contribution in [2.24, 2.45) is 0 Å². The van der Waals surface area contributed by atoms with Crippen LogP contribution in [0.2, 0.25) is 0 Å². The van der Waals surface area contributed by atoms with Gasteiger partial charge in [-0.15, -0.1) is 0 Å². The summed E-state index contributed by atoms with van der Waals surface area (Å²) in [6, 6.07) is 12.6. The van der Waals surface area contributed by atoms with Crippen molar-refractivity contribution in [1.29, 1.82) is 0 Å². The number of carbonyl (C=O) groups excluding carboxylic acids is 2. The average molecular weight is 1420 g/mol. The molecule has 0 fully saturated rings. The molecule has 3 aromatic rings. The number of amides is 2. The fraction of sp³-hybridized carbons (Fsp3) is 0.791. The van der Waals surface area contributed by atoms with Crippen LogP contribution in [0.3, 0.4) is 0 Å². The van der Waals surface area contributed by atoms with Crippen molar-refractivity contribution in [2.45, 2.75) is 427 Å². The second-order valence-corrected chi connectivity index (χ2v) is 30.1. The summed E-state index contributed by atoms with van der Waals surface area (Å²) in [5.74, 6) is 3.18. The lowest BCUT2D eigenvalue weighted by Crippen LogP contribution is -2.17. The topological polar surface area (TPSA) is 126 Å². The maximum Gasteiger partial charge on any atom is 0.257 e. The molecule has 0 unspecified atom stereocenters. The fourth-order valence-electron chi connectivity index (χ4n) is 13.7. The summed E-state index contributed by atoms with van der Waals surface area (Å²) in [6.07, 6.45) is 74.2. The fourth-order valence-corrected chi connectivity index (χ4v) is 13.7. The lowest BCUT2D eigenvalue weighted by Gasteiger charge is -2.19. The van der Waals surface area contributed by atoms with Crippen LogP contribution in [-0.2, 0) is 0 Å². The number of hydrogen-bond donors (Lipinski definition) is 2. The van der Waals surface area contributed by atoms with Gasteiger partial charge >= 0.3 is 0 Å². The van der Waals surface area contributed by atoms with E-state index in [0.717, 1.165) is 77.0 Å². The van der Waals surface area contributed by atoms with E-state index < -0.39 is 0 Å². The first-order chi connectivity index (χ1) is 50.4. The van der Waals surface area contributed by atoms with E-state index in [1.165, 1.54) is 308 Å². The molecule has 0 saturated heterocycles. The van der Waals surface area contributed by atoms with Gasteiger partial charge in [-0.3, -0.25) is 9.59 Å². The highest BCUT2D eigenvalue weighted by atomic mass is 16.5. The molecular formula is C91H159N3O8. The Hall–Kier alpha value is -4.67. The second-order valence-electron chi connectivity index (χ2n) is 30.1. The number of aromatic nitrogens is 1. The van der Waals surface area contributed by atoms with E-state index in [-0.39, 0.29) is 11.8 Å². The van der Waals surface area contributed by atoms with Crippen molar-refractivity contribution < 1.29 is 38.0 Å². The molecule has 3 rings (SSSR count). The van der Waals surface area contributed by atoms with Crippen molar-refractivity contribution in [1.82, 2.24) is 4.98 Å². The average Bonchev–Trinajstić information content (AvgIpc) is 0.818. The summed E-state index contributed by atoms with van der Waals surface area (Å²) in [5.41, 5.74) is 0.777. The molecule has 0 atom stereocenters. The van der Waals surface area contributed by atoms with Crippen LogP contribution >= 0.6 is 0 Å². The van der Waals surface area contributed by atoms with Gasteiger partial charge in [0.05, 0.1) is 39.6 Å². The summed E-state index contributed by atoms with van der Waals surface area (Å²) in [5, 5.41) is 6.15. The molecule has 2 N–H and O–H groups in total. The van der Waals surface area contributed by atoms with Gasteiger partial charge in [0.1, 0.15) is 11.6 Å². The predicted molar refractivity (Wildman–Crippen MR) is 437 cm³/mol. The lowest BCUT2D eigenvalue weighted by molar-refractivity contribution is 0.101. The minimum absolute atomic E-state index is 0.302. The van der Waals surface area contributed by atoms with E-state index in [9.17, 15) is 9.59 Å². The van der Waals surface area contributed by atoms with E-state index in [1.807, 2.05) is 24.3 Å². The molecule has 1 heterocycles. The Morgan fingerprint density at radius 1 is 0.245 bits per heavy atom. The number of rotatable bonds is 76. The van der Waals surface area contributed by atoms with E-state index in [2.05, 4.69) is 52.2 Å². The smallest absolute Gasteiger partial charge is 0.257 e. The van der Waals surface area contributed by atoms with Crippen LogP contribution in [0.15, 0.2) is 42.5 Å². The quantitative estimate of drug-likeness (QED) is 0.0531. The zero-order valence-corrected chi connectivity index (χ0v) is 67.4. The van der Waals surface area contributed by atoms with Crippen molar-refractivity contribution >= 4 is 23.5 Å². The molecule has 586 valence electrons. The predicted octanol–water partition coefficient (Wildman–Crippen LogP) is 29.4. The van der Waals surface area contributed by atoms with Crippen LogP contribution in [0.25, 0.3) is 0 Å². The lowest BCUT2D eigenvalue weighted by atomic mass is 10.1. The molecule has 11 heteroatoms. The Morgan fingerprint density at radius 3 is 0.598 bits per heavy atom. The highest BCUT2D eigenvalue weighted by Crippen LogP contribution is 2.42. The van der Waals surface area contributed by atoms with Crippen molar-refractivity contribution in [3.8, 4) is 34.5 Å². The third-order valence-electron chi connectivity index (χ3n) is 20.3. The van der Waals surface area contributed by atoms with Gasteiger partial charge in [0.25, 0.3) is 11.8 Å². The number of pyridine rings is 1. The zero-order valence-electron chi connectivity index (χ0n) is 67.4. The number of unbranched alkanes of at least 4 members (excludes halogenated alkanes) is 54. The maximum absolute atomic E-state index is 14.7. The molecule has 0 aliphatic heterocycles. The van der Waals surface area contributed by atoms with Gasteiger partial charge in [0, 0.05) is 11.1 Å². The van der Waals surface area contributed by atoms with Crippen molar-refractivity contribution in [3.63, 3.8) is 0 Å². The molecule has 0 aliphatic carbocycles. The van der Waals surface area contributed by atoms with E-state index >= 15 is 0 Å². The normalized spacial score (nSPS) is 11.4. The van der Waals surface area contributed by atoms with Crippen LogP contribution in [-0.4, -0.2) is 56.4 Å². The number of hydrogen-bond acceptors (Lipinski definition) is 9. The van der Waals surface area contributed by atoms with Gasteiger partial charge in [-0.25, -0.2) is 4.98 Å². The molecule has 2 amide bonds. The molecule has 11 nitrogen and oxygen atoms in total. The summed E-state index contributed by atoms with van der Waals surface area (Å²) in [6.45, 7) is 16.8. The van der Waals surface area contributed by atoms with Crippen LogP contribution in [0.1, 0.15) is 448 Å². The molecular weight excluding hydrogens is 1260 g/mol. The van der Waals surface area contributed by atoms with Gasteiger partial charge in [0.15, 0.2) is 23.0 Å². The number of nitrogens with zero attached hydrogens (tertiary/aromatic N) is 1. The highest BCUT2D eigenvalue weighted by molar-refractivity contribution is 6.06. The summed E-state index contributed by atoms with van der Waals surface area (Å²) < 4.78 is 40.1. The standard InChI is InChI=1S/C91H159N3O8/c1-7-13-19-25-31-37-43-49-55-61-70-97-82-76-80(77-83(98-71-62-56-50-44-38-32-26-20-14-8-2)88(82)101-74-65-59-53-47-41-35-29-23-17-11-5)90(95)93-86-68-67-69-87(92-86)94-91(96)81-78-84(99-72-63-57-51-45-39-33-27-21-15-9-3)89(102-75-66-60-54-48-42-36-30-24-18-12-6)85(79-81)100-73-64-58-52-46-40-34-28-22-16-10-4/h67-69,76-79H,7-66,70-75H2,1-6H3,(H2,92,93,94,95,96). The molecule has 1 aromatic heterocycles. The molecule has 0 radical (unpaired) electrons. The van der Waals surface area contributed by atoms with Gasteiger partial charge in [-0.1, -0.05) is 394 Å². The van der Waals surface area contributed by atoms with E-state index in [4.69, 9.17) is 33.4 Å².